The van der Waals surface area contributed by atoms with Gasteiger partial charge < -0.3 is 18.4 Å². The van der Waals surface area contributed by atoms with Gasteiger partial charge in [-0.2, -0.15) is 8.42 Å². The van der Waals surface area contributed by atoms with Crippen molar-refractivity contribution in [2.45, 2.75) is 52.4 Å². The van der Waals surface area contributed by atoms with Gasteiger partial charge >= 0.3 is 16.2 Å². The summed E-state index contributed by atoms with van der Waals surface area (Å²) in [7, 11) is -3.53. The van der Waals surface area contributed by atoms with E-state index in [1.807, 2.05) is 20.8 Å². The zero-order valence-electron chi connectivity index (χ0n) is 19.5. The Morgan fingerprint density at radius 2 is 1.91 bits per heavy atom. The van der Waals surface area contributed by atoms with E-state index in [0.717, 1.165) is 11.8 Å². The van der Waals surface area contributed by atoms with Gasteiger partial charge in [0.15, 0.2) is 0 Å². The molecule has 33 heavy (non-hydrogen) atoms. The summed E-state index contributed by atoms with van der Waals surface area (Å²) in [5, 5.41) is 3.14. The van der Waals surface area contributed by atoms with Crippen LogP contribution in [0.3, 0.4) is 0 Å². The number of anilines is 1. The molecule has 0 saturated carbocycles. The number of rotatable bonds is 6. The van der Waals surface area contributed by atoms with Gasteiger partial charge in [-0.25, -0.2) is 4.79 Å². The van der Waals surface area contributed by atoms with Crippen molar-refractivity contribution in [3.63, 3.8) is 0 Å². The van der Waals surface area contributed by atoms with Gasteiger partial charge in [0.1, 0.15) is 11.5 Å². The van der Waals surface area contributed by atoms with Crippen LogP contribution in [0.5, 0.6) is 11.5 Å². The molecule has 1 aliphatic rings. The van der Waals surface area contributed by atoms with Crippen molar-refractivity contribution in [1.82, 2.24) is 0 Å². The molecule has 182 valence electrons. The van der Waals surface area contributed by atoms with Crippen LogP contribution in [-0.4, -0.2) is 39.8 Å². The highest BCUT2D eigenvalue weighted by atomic mass is 35.5. The summed E-state index contributed by atoms with van der Waals surface area (Å²) in [6.45, 7) is 10.0. The van der Waals surface area contributed by atoms with Gasteiger partial charge in [-0.15, -0.1) is 0 Å². The lowest BCUT2D eigenvalue weighted by molar-refractivity contribution is -0.0981. The summed E-state index contributed by atoms with van der Waals surface area (Å²) >= 11 is 5.74. The fourth-order valence-corrected chi connectivity index (χ4v) is 3.70. The number of ether oxygens (including phenoxy) is 3. The molecule has 10 heteroatoms. The minimum atomic E-state index is -3.53. The number of benzene rings is 2. The van der Waals surface area contributed by atoms with Gasteiger partial charge in [0.05, 0.1) is 17.8 Å². The Kier molecular flexibility index (Phi) is 8.99. The largest absolute Gasteiger partial charge is 0.464 e. The van der Waals surface area contributed by atoms with Gasteiger partial charge in [-0.3, -0.25) is 5.32 Å². The van der Waals surface area contributed by atoms with Crippen LogP contribution in [0.4, 0.5) is 10.5 Å². The number of carbonyl (C=O) groups excluding carboxylic acids is 1. The van der Waals surface area contributed by atoms with Crippen molar-refractivity contribution in [2.24, 2.45) is 0 Å². The maximum Gasteiger partial charge on any atom is 0.411 e. The molecule has 0 spiro atoms. The number of amides is 1. The summed E-state index contributed by atoms with van der Waals surface area (Å²) in [5.74, 6) is 0.986. The molecule has 1 aliphatic heterocycles. The van der Waals surface area contributed by atoms with E-state index < -0.39 is 16.2 Å². The third-order valence-electron chi connectivity index (χ3n) is 4.45. The molecule has 1 unspecified atom stereocenters. The molecule has 0 radical (unpaired) electrons. The summed E-state index contributed by atoms with van der Waals surface area (Å²) < 4.78 is 43.4. The molecule has 1 N–H and O–H groups in total. The summed E-state index contributed by atoms with van der Waals surface area (Å²) in [6, 6.07) is 11.9. The van der Waals surface area contributed by atoms with Gasteiger partial charge in [-0.1, -0.05) is 17.7 Å². The zero-order valence-corrected chi connectivity index (χ0v) is 21.1. The molecular formula is C23H30ClNO7S. The van der Waals surface area contributed by atoms with Crippen LogP contribution in [0.25, 0.3) is 0 Å². The van der Waals surface area contributed by atoms with E-state index in [4.69, 9.17) is 30.0 Å². The molecule has 1 heterocycles. The number of fused-ring (bicyclic) bond motifs is 1. The molecule has 1 amide bonds. The average molecular weight is 500 g/mol. The topological polar surface area (TPSA) is 100 Å². The quantitative estimate of drug-likeness (QED) is 0.534. The Labute approximate surface area is 200 Å². The lowest BCUT2D eigenvalue weighted by Crippen LogP contribution is -2.34. The van der Waals surface area contributed by atoms with Crippen molar-refractivity contribution in [2.75, 3.05) is 18.2 Å². The van der Waals surface area contributed by atoms with E-state index in [1.165, 1.54) is 0 Å². The third-order valence-corrected chi connectivity index (χ3v) is 5.18. The first-order chi connectivity index (χ1) is 15.3. The Bertz CT molecular complexity index is 1070. The van der Waals surface area contributed by atoms with E-state index in [0.29, 0.717) is 23.1 Å². The zero-order chi connectivity index (χ0) is 24.8. The van der Waals surface area contributed by atoms with Crippen molar-refractivity contribution < 1.29 is 31.6 Å². The molecule has 0 fully saturated rings. The summed E-state index contributed by atoms with van der Waals surface area (Å²) in [5.41, 5.74) is 1.15. The number of nitrogens with one attached hydrogen (secondary N) is 1. The van der Waals surface area contributed by atoms with Crippen LogP contribution in [-0.2, 0) is 25.0 Å². The lowest BCUT2D eigenvalue weighted by Gasteiger charge is -2.25. The van der Waals surface area contributed by atoms with Crippen LogP contribution >= 0.6 is 11.6 Å². The third kappa shape index (κ3) is 8.10. The highest BCUT2D eigenvalue weighted by molar-refractivity contribution is 7.86. The number of hydrogen-bond donors (Lipinski definition) is 1. The molecule has 0 bridgehead atoms. The van der Waals surface area contributed by atoms with Crippen molar-refractivity contribution in [3.8, 4) is 11.5 Å². The Morgan fingerprint density at radius 3 is 2.48 bits per heavy atom. The Morgan fingerprint density at radius 1 is 1.21 bits per heavy atom. The molecule has 0 aliphatic carbocycles. The molecule has 3 rings (SSSR count). The molecular weight excluding hydrogens is 470 g/mol. The standard InChI is InChI=1S/C13H18O5S.C10H12ClNO2/c1-5-16-12-13(2,3)10-8-9(18-19(4,14)15)6-7-11(10)17-12;1-7(2)14-10(13)12-9-5-3-4-8(11)6-9/h6-8,12H,5H2,1-4H3;3-7H,1-2H3,(H,12,13). The second-order valence-electron chi connectivity index (χ2n) is 8.16. The molecule has 8 nitrogen and oxygen atoms in total. The second kappa shape index (κ2) is 11.1. The first-order valence-electron chi connectivity index (χ1n) is 10.4. The Balaban J connectivity index is 0.000000245. The minimum absolute atomic E-state index is 0.130. The molecule has 2 aromatic rings. The highest BCUT2D eigenvalue weighted by Crippen LogP contribution is 2.44. The van der Waals surface area contributed by atoms with E-state index >= 15 is 0 Å². The Hall–Kier alpha value is -2.49. The fraction of sp³-hybridized carbons (Fsp3) is 0.435. The SMILES string of the molecule is CC(C)OC(=O)Nc1cccc(Cl)c1.CCOC1Oc2ccc(OS(C)(=O)=O)cc2C1(C)C. The van der Waals surface area contributed by atoms with Gasteiger partial charge in [0.25, 0.3) is 0 Å². The fourth-order valence-electron chi connectivity index (χ4n) is 3.05. The van der Waals surface area contributed by atoms with Crippen LogP contribution in [0, 0.1) is 0 Å². The summed E-state index contributed by atoms with van der Waals surface area (Å²) in [4.78, 5) is 11.2. The van der Waals surface area contributed by atoms with E-state index in [-0.39, 0.29) is 23.6 Å². The molecule has 0 saturated heterocycles. The van der Waals surface area contributed by atoms with Crippen molar-refractivity contribution >= 4 is 33.5 Å². The smallest absolute Gasteiger partial charge is 0.411 e. The van der Waals surface area contributed by atoms with Crippen LogP contribution in [0.15, 0.2) is 42.5 Å². The minimum Gasteiger partial charge on any atom is -0.464 e. The maximum atomic E-state index is 11.2. The van der Waals surface area contributed by atoms with Crippen LogP contribution < -0.4 is 14.2 Å². The van der Waals surface area contributed by atoms with E-state index in [1.54, 1.807) is 56.3 Å². The first-order valence-corrected chi connectivity index (χ1v) is 12.6. The predicted molar refractivity (Wildman–Crippen MR) is 128 cm³/mol. The van der Waals surface area contributed by atoms with E-state index in [9.17, 15) is 13.2 Å². The average Bonchev–Trinajstić information content (AvgIpc) is 2.91. The van der Waals surface area contributed by atoms with Crippen molar-refractivity contribution in [3.05, 3.63) is 53.1 Å². The van der Waals surface area contributed by atoms with Crippen LogP contribution in [0.2, 0.25) is 5.02 Å². The molecule has 2 aromatic carbocycles. The summed E-state index contributed by atoms with van der Waals surface area (Å²) in [6.07, 6.45) is 0.0441. The number of halogens is 1. The van der Waals surface area contributed by atoms with Gasteiger partial charge in [0.2, 0.25) is 6.29 Å². The lowest BCUT2D eigenvalue weighted by atomic mass is 9.85. The normalized spacial score (nSPS) is 16.2. The first kappa shape index (κ1) is 26.8. The monoisotopic (exact) mass is 499 g/mol. The highest BCUT2D eigenvalue weighted by Gasteiger charge is 2.42. The number of hydrogen-bond acceptors (Lipinski definition) is 7. The molecule has 0 aromatic heterocycles. The maximum absolute atomic E-state index is 11.2. The van der Waals surface area contributed by atoms with Gasteiger partial charge in [0, 0.05) is 22.9 Å². The second-order valence-corrected chi connectivity index (χ2v) is 10.2. The molecule has 1 atom stereocenters. The number of carbonyl (C=O) groups is 1. The van der Waals surface area contributed by atoms with E-state index in [2.05, 4.69) is 5.32 Å². The van der Waals surface area contributed by atoms with Crippen molar-refractivity contribution in [1.29, 1.82) is 0 Å². The van der Waals surface area contributed by atoms with Crippen LogP contribution in [0.1, 0.15) is 40.2 Å². The van der Waals surface area contributed by atoms with Gasteiger partial charge in [-0.05, 0) is 71.0 Å². The predicted octanol–water partition coefficient (Wildman–Crippen LogP) is 5.35.